The first-order valence-corrected chi connectivity index (χ1v) is 13.1. The first kappa shape index (κ1) is 26.5. The minimum atomic E-state index is -0.679. The molecule has 0 bridgehead atoms. The third-order valence-corrected chi connectivity index (χ3v) is 6.86. The fourth-order valence-corrected chi connectivity index (χ4v) is 4.57. The quantitative estimate of drug-likeness (QED) is 0.357. The maximum Gasteiger partial charge on any atom is 0.243 e. The number of amides is 2. The van der Waals surface area contributed by atoms with Crippen molar-refractivity contribution in [3.63, 3.8) is 0 Å². The monoisotopic (exact) mass is 492 g/mol. The molecule has 1 N–H and O–H groups in total. The summed E-state index contributed by atoms with van der Waals surface area (Å²) in [5.74, 6) is 0.333. The van der Waals surface area contributed by atoms with E-state index >= 15 is 0 Å². The maximum atomic E-state index is 13.5. The van der Waals surface area contributed by atoms with Gasteiger partial charge in [0.05, 0.1) is 5.75 Å². The zero-order valence-electron chi connectivity index (χ0n) is 20.3. The van der Waals surface area contributed by atoms with E-state index in [1.165, 1.54) is 23.9 Å². The molecular formula is C29H33FN2O2S. The molecule has 3 aromatic carbocycles. The molecule has 2 atom stereocenters. The Hall–Kier alpha value is -3.12. The smallest absolute Gasteiger partial charge is 0.243 e. The average molecular weight is 493 g/mol. The van der Waals surface area contributed by atoms with Crippen molar-refractivity contribution in [2.45, 2.75) is 51.1 Å². The van der Waals surface area contributed by atoms with Crippen LogP contribution in [0.4, 0.5) is 4.39 Å². The van der Waals surface area contributed by atoms with Crippen molar-refractivity contribution >= 4 is 23.6 Å². The van der Waals surface area contributed by atoms with Crippen molar-refractivity contribution in [3.05, 3.63) is 107 Å². The molecule has 3 aromatic rings. The Labute approximate surface area is 211 Å². The lowest BCUT2D eigenvalue weighted by molar-refractivity contribution is -0.139. The number of thioether (sulfide) groups is 1. The molecule has 0 aliphatic heterocycles. The molecule has 35 heavy (non-hydrogen) atoms. The van der Waals surface area contributed by atoms with Crippen LogP contribution < -0.4 is 5.32 Å². The van der Waals surface area contributed by atoms with Crippen LogP contribution in [0.25, 0.3) is 0 Å². The van der Waals surface area contributed by atoms with Crippen molar-refractivity contribution in [1.82, 2.24) is 10.2 Å². The molecule has 0 radical (unpaired) electrons. The predicted octanol–water partition coefficient (Wildman–Crippen LogP) is 5.61. The van der Waals surface area contributed by atoms with Gasteiger partial charge in [-0.3, -0.25) is 9.59 Å². The molecule has 2 amide bonds. The SMILES string of the molecule is CC[C@H](C)NC(=O)[C@H](Cc1ccccc1)N(Cc1ccc(F)cc1)C(=O)CSCc1ccccc1. The minimum absolute atomic E-state index is 0.00370. The lowest BCUT2D eigenvalue weighted by Gasteiger charge is -2.32. The summed E-state index contributed by atoms with van der Waals surface area (Å²) in [5.41, 5.74) is 2.90. The topological polar surface area (TPSA) is 49.4 Å². The Morgan fingerprint density at radius 2 is 1.49 bits per heavy atom. The van der Waals surface area contributed by atoms with Crippen LogP contribution in [-0.2, 0) is 28.3 Å². The third kappa shape index (κ3) is 8.55. The molecule has 0 aliphatic carbocycles. The number of carbonyl (C=O) groups excluding carboxylic acids is 2. The summed E-state index contributed by atoms with van der Waals surface area (Å²) >= 11 is 1.53. The van der Waals surface area contributed by atoms with Gasteiger partial charge in [0.1, 0.15) is 11.9 Å². The fourth-order valence-electron chi connectivity index (χ4n) is 3.69. The molecule has 0 fully saturated rings. The van der Waals surface area contributed by atoms with Gasteiger partial charge in [0.2, 0.25) is 11.8 Å². The van der Waals surface area contributed by atoms with E-state index in [0.29, 0.717) is 12.2 Å². The lowest BCUT2D eigenvalue weighted by Crippen LogP contribution is -2.52. The zero-order chi connectivity index (χ0) is 25.0. The highest BCUT2D eigenvalue weighted by Crippen LogP contribution is 2.19. The highest BCUT2D eigenvalue weighted by atomic mass is 32.2. The Bertz CT molecular complexity index is 1060. The standard InChI is InChI=1S/C29H33FN2O2S/c1-3-22(2)31-29(34)27(18-23-10-6-4-7-11-23)32(19-24-14-16-26(30)17-15-24)28(33)21-35-20-25-12-8-5-9-13-25/h4-17,22,27H,3,18-21H2,1-2H3,(H,31,34)/t22-,27-/m0/s1. The van der Waals surface area contributed by atoms with E-state index in [1.807, 2.05) is 74.5 Å². The first-order valence-electron chi connectivity index (χ1n) is 12.0. The summed E-state index contributed by atoms with van der Waals surface area (Å²) in [6.45, 7) is 4.20. The Morgan fingerprint density at radius 3 is 2.09 bits per heavy atom. The number of rotatable bonds is 12. The summed E-state index contributed by atoms with van der Waals surface area (Å²) in [6, 6.07) is 25.1. The molecule has 4 nitrogen and oxygen atoms in total. The Balaban J connectivity index is 1.85. The van der Waals surface area contributed by atoms with E-state index in [2.05, 4.69) is 5.32 Å². The van der Waals surface area contributed by atoms with Gasteiger partial charge in [-0.2, -0.15) is 0 Å². The van der Waals surface area contributed by atoms with Gasteiger partial charge in [-0.05, 0) is 42.2 Å². The van der Waals surface area contributed by atoms with Gasteiger partial charge in [-0.25, -0.2) is 4.39 Å². The predicted molar refractivity (Wildman–Crippen MR) is 141 cm³/mol. The summed E-state index contributed by atoms with van der Waals surface area (Å²) in [4.78, 5) is 28.6. The summed E-state index contributed by atoms with van der Waals surface area (Å²) in [7, 11) is 0. The third-order valence-electron chi connectivity index (χ3n) is 5.88. The van der Waals surface area contributed by atoms with E-state index in [9.17, 15) is 14.0 Å². The average Bonchev–Trinajstić information content (AvgIpc) is 2.88. The molecule has 0 aromatic heterocycles. The fraction of sp³-hybridized carbons (Fsp3) is 0.310. The summed E-state index contributed by atoms with van der Waals surface area (Å²) in [6.07, 6.45) is 1.20. The molecule has 0 aliphatic rings. The molecule has 3 rings (SSSR count). The van der Waals surface area contributed by atoms with E-state index in [4.69, 9.17) is 0 Å². The van der Waals surface area contributed by atoms with Crippen LogP contribution in [0.1, 0.15) is 37.0 Å². The molecule has 184 valence electrons. The Kier molecular flexibility index (Phi) is 10.4. The Morgan fingerprint density at radius 1 is 0.886 bits per heavy atom. The van der Waals surface area contributed by atoms with Crippen LogP contribution in [0.5, 0.6) is 0 Å². The zero-order valence-corrected chi connectivity index (χ0v) is 21.1. The second-order valence-corrected chi connectivity index (χ2v) is 9.64. The highest BCUT2D eigenvalue weighted by molar-refractivity contribution is 7.99. The van der Waals surface area contributed by atoms with Gasteiger partial charge in [0.25, 0.3) is 0 Å². The number of benzene rings is 3. The number of nitrogens with zero attached hydrogens (tertiary/aromatic N) is 1. The normalized spacial score (nSPS) is 12.5. The van der Waals surface area contributed by atoms with Crippen molar-refractivity contribution in [2.75, 3.05) is 5.75 Å². The number of hydrogen-bond acceptors (Lipinski definition) is 3. The number of nitrogens with one attached hydrogen (secondary N) is 1. The van der Waals surface area contributed by atoms with E-state index in [1.54, 1.807) is 17.0 Å². The molecule has 0 unspecified atom stereocenters. The van der Waals surface area contributed by atoms with Crippen LogP contribution in [0, 0.1) is 5.82 Å². The second-order valence-electron chi connectivity index (χ2n) is 8.65. The van der Waals surface area contributed by atoms with Gasteiger partial charge in [0, 0.05) is 24.8 Å². The second kappa shape index (κ2) is 13.7. The molecule has 0 heterocycles. The van der Waals surface area contributed by atoms with Crippen molar-refractivity contribution in [1.29, 1.82) is 0 Å². The van der Waals surface area contributed by atoms with E-state index in [0.717, 1.165) is 23.1 Å². The van der Waals surface area contributed by atoms with Crippen LogP contribution in [0.2, 0.25) is 0 Å². The first-order chi connectivity index (χ1) is 17.0. The number of halogens is 1. The van der Waals surface area contributed by atoms with Gasteiger partial charge in [-0.1, -0.05) is 79.7 Å². The molecule has 0 saturated carbocycles. The van der Waals surface area contributed by atoms with Gasteiger partial charge >= 0.3 is 0 Å². The van der Waals surface area contributed by atoms with Crippen molar-refractivity contribution in [3.8, 4) is 0 Å². The van der Waals surface area contributed by atoms with E-state index in [-0.39, 0.29) is 36.0 Å². The summed E-state index contributed by atoms with van der Waals surface area (Å²) < 4.78 is 13.5. The minimum Gasteiger partial charge on any atom is -0.352 e. The van der Waals surface area contributed by atoms with Crippen LogP contribution in [-0.4, -0.2) is 34.6 Å². The van der Waals surface area contributed by atoms with Crippen LogP contribution >= 0.6 is 11.8 Å². The molecular weight excluding hydrogens is 459 g/mol. The maximum absolute atomic E-state index is 13.5. The van der Waals surface area contributed by atoms with Gasteiger partial charge in [-0.15, -0.1) is 11.8 Å². The number of carbonyl (C=O) groups is 2. The molecule has 6 heteroatoms. The van der Waals surface area contributed by atoms with E-state index < -0.39 is 6.04 Å². The largest absolute Gasteiger partial charge is 0.352 e. The number of hydrogen-bond donors (Lipinski definition) is 1. The van der Waals surface area contributed by atoms with Crippen LogP contribution in [0.3, 0.4) is 0 Å². The van der Waals surface area contributed by atoms with Crippen molar-refractivity contribution < 1.29 is 14.0 Å². The lowest BCUT2D eigenvalue weighted by atomic mass is 10.0. The van der Waals surface area contributed by atoms with Crippen LogP contribution in [0.15, 0.2) is 84.9 Å². The molecule has 0 saturated heterocycles. The van der Waals surface area contributed by atoms with Crippen molar-refractivity contribution in [2.24, 2.45) is 0 Å². The molecule has 0 spiro atoms. The summed E-state index contributed by atoms with van der Waals surface area (Å²) in [5, 5.41) is 3.06. The van der Waals surface area contributed by atoms with Gasteiger partial charge < -0.3 is 10.2 Å². The highest BCUT2D eigenvalue weighted by Gasteiger charge is 2.30. The van der Waals surface area contributed by atoms with Gasteiger partial charge in [0.15, 0.2) is 0 Å².